The zero-order valence-corrected chi connectivity index (χ0v) is 13.4. The van der Waals surface area contributed by atoms with Crippen LogP contribution >= 0.6 is 0 Å². The fourth-order valence-electron chi connectivity index (χ4n) is 1.62. The molecule has 0 aromatic carbocycles. The summed E-state index contributed by atoms with van der Waals surface area (Å²) in [5.41, 5.74) is 0.858. The van der Waals surface area contributed by atoms with Crippen LogP contribution in [0.25, 0.3) is 0 Å². The third-order valence-corrected chi connectivity index (χ3v) is 3.24. The molecule has 0 spiro atoms. The lowest BCUT2D eigenvalue weighted by Gasteiger charge is -2.25. The number of carbonyl (C=O) groups is 1. The van der Waals surface area contributed by atoms with Crippen molar-refractivity contribution in [2.24, 2.45) is 0 Å². The van der Waals surface area contributed by atoms with Crippen molar-refractivity contribution >= 4 is 11.6 Å². The first-order chi connectivity index (χ1) is 9.30. The Morgan fingerprint density at radius 1 is 1.35 bits per heavy atom. The standard InChI is InChI=1S/C15H26N4O/c1-7-15(5,6)19-14(20)12-11(16-8-2)9-17-13(18-12)10(3)4/h9-10,16H,7-8H2,1-6H3,(H,19,20). The summed E-state index contributed by atoms with van der Waals surface area (Å²) in [5.74, 6) is 0.722. The van der Waals surface area contributed by atoms with E-state index in [4.69, 9.17) is 0 Å². The molecule has 0 unspecified atom stereocenters. The number of hydrogen-bond donors (Lipinski definition) is 2. The Morgan fingerprint density at radius 2 is 2.00 bits per heavy atom. The molecule has 1 rings (SSSR count). The van der Waals surface area contributed by atoms with Crippen molar-refractivity contribution in [2.45, 2.75) is 59.4 Å². The van der Waals surface area contributed by atoms with Gasteiger partial charge in [0.05, 0.1) is 11.9 Å². The van der Waals surface area contributed by atoms with Crippen molar-refractivity contribution in [3.05, 3.63) is 17.7 Å². The van der Waals surface area contributed by atoms with Crippen LogP contribution < -0.4 is 10.6 Å². The number of anilines is 1. The van der Waals surface area contributed by atoms with Gasteiger partial charge in [-0.25, -0.2) is 9.97 Å². The number of hydrogen-bond acceptors (Lipinski definition) is 4. The molecule has 0 atom stereocenters. The van der Waals surface area contributed by atoms with E-state index in [0.717, 1.165) is 13.0 Å². The molecular weight excluding hydrogens is 252 g/mol. The first-order valence-electron chi connectivity index (χ1n) is 7.24. The summed E-state index contributed by atoms with van der Waals surface area (Å²) in [6.07, 6.45) is 2.55. The molecule has 5 heteroatoms. The second-order valence-electron chi connectivity index (χ2n) is 5.87. The number of carbonyl (C=O) groups excluding carboxylic acids is 1. The largest absolute Gasteiger partial charge is 0.382 e. The molecule has 0 bridgehead atoms. The van der Waals surface area contributed by atoms with E-state index in [1.165, 1.54) is 0 Å². The molecule has 0 radical (unpaired) electrons. The van der Waals surface area contributed by atoms with Crippen LogP contribution in [0.4, 0.5) is 5.69 Å². The van der Waals surface area contributed by atoms with Gasteiger partial charge in [-0.1, -0.05) is 20.8 Å². The lowest BCUT2D eigenvalue weighted by molar-refractivity contribution is 0.0906. The minimum absolute atomic E-state index is 0.155. The lowest BCUT2D eigenvalue weighted by Crippen LogP contribution is -2.43. The van der Waals surface area contributed by atoms with E-state index in [0.29, 0.717) is 17.2 Å². The molecule has 0 fully saturated rings. The molecule has 20 heavy (non-hydrogen) atoms. The molecule has 0 saturated carbocycles. The van der Waals surface area contributed by atoms with Gasteiger partial charge in [-0.3, -0.25) is 4.79 Å². The SMILES string of the molecule is CCNc1cnc(C(C)C)nc1C(=O)NC(C)(C)CC. The summed E-state index contributed by atoms with van der Waals surface area (Å²) in [6, 6.07) is 0. The van der Waals surface area contributed by atoms with Crippen LogP contribution in [0.5, 0.6) is 0 Å². The Bertz CT molecular complexity index is 469. The molecule has 1 amide bonds. The highest BCUT2D eigenvalue weighted by molar-refractivity contribution is 5.97. The van der Waals surface area contributed by atoms with Gasteiger partial charge in [0.15, 0.2) is 5.69 Å². The molecule has 0 aliphatic rings. The number of nitrogens with zero attached hydrogens (tertiary/aromatic N) is 2. The van der Waals surface area contributed by atoms with Gasteiger partial charge >= 0.3 is 0 Å². The van der Waals surface area contributed by atoms with Gasteiger partial charge in [0.2, 0.25) is 0 Å². The Labute approximate surface area is 121 Å². The smallest absolute Gasteiger partial charge is 0.272 e. The zero-order valence-electron chi connectivity index (χ0n) is 13.4. The van der Waals surface area contributed by atoms with Gasteiger partial charge in [-0.05, 0) is 27.2 Å². The van der Waals surface area contributed by atoms with Gasteiger partial charge in [0.25, 0.3) is 5.91 Å². The molecule has 0 aliphatic heterocycles. The number of nitrogens with one attached hydrogen (secondary N) is 2. The van der Waals surface area contributed by atoms with Gasteiger partial charge in [0, 0.05) is 18.0 Å². The summed E-state index contributed by atoms with van der Waals surface area (Å²) in [4.78, 5) is 21.2. The number of aromatic nitrogens is 2. The van der Waals surface area contributed by atoms with E-state index in [2.05, 4.69) is 20.6 Å². The molecule has 1 aromatic rings. The van der Waals surface area contributed by atoms with Crippen molar-refractivity contribution in [1.29, 1.82) is 0 Å². The molecule has 1 aromatic heterocycles. The van der Waals surface area contributed by atoms with Gasteiger partial charge < -0.3 is 10.6 Å². The fourth-order valence-corrected chi connectivity index (χ4v) is 1.62. The highest BCUT2D eigenvalue weighted by atomic mass is 16.2. The molecule has 112 valence electrons. The molecular formula is C15H26N4O. The van der Waals surface area contributed by atoms with E-state index in [1.54, 1.807) is 6.20 Å². The predicted molar refractivity (Wildman–Crippen MR) is 82.1 cm³/mol. The average Bonchev–Trinajstić information content (AvgIpc) is 2.38. The highest BCUT2D eigenvalue weighted by Crippen LogP contribution is 2.17. The summed E-state index contributed by atoms with van der Waals surface area (Å²) < 4.78 is 0. The van der Waals surface area contributed by atoms with Crippen LogP contribution in [0.15, 0.2) is 6.20 Å². The number of rotatable bonds is 6. The van der Waals surface area contributed by atoms with Gasteiger partial charge in [-0.2, -0.15) is 0 Å². The minimum atomic E-state index is -0.247. The topological polar surface area (TPSA) is 66.9 Å². The first-order valence-corrected chi connectivity index (χ1v) is 7.24. The molecule has 0 aliphatic carbocycles. The molecule has 2 N–H and O–H groups in total. The summed E-state index contributed by atoms with van der Waals surface area (Å²) in [7, 11) is 0. The van der Waals surface area contributed by atoms with Crippen LogP contribution in [0.3, 0.4) is 0 Å². The number of amides is 1. The van der Waals surface area contributed by atoms with Gasteiger partial charge in [-0.15, -0.1) is 0 Å². The van der Waals surface area contributed by atoms with Gasteiger partial charge in [0.1, 0.15) is 5.82 Å². The lowest BCUT2D eigenvalue weighted by atomic mass is 10.0. The van der Waals surface area contributed by atoms with Crippen molar-refractivity contribution in [2.75, 3.05) is 11.9 Å². The van der Waals surface area contributed by atoms with Crippen LogP contribution in [0.1, 0.15) is 70.2 Å². The van der Waals surface area contributed by atoms with E-state index in [-0.39, 0.29) is 17.4 Å². The third kappa shape index (κ3) is 4.18. The van der Waals surface area contributed by atoms with Crippen LogP contribution in [-0.4, -0.2) is 28.0 Å². The molecule has 5 nitrogen and oxygen atoms in total. The molecule has 1 heterocycles. The summed E-state index contributed by atoms with van der Waals surface area (Å²) >= 11 is 0. The molecule has 0 saturated heterocycles. The highest BCUT2D eigenvalue weighted by Gasteiger charge is 2.22. The maximum absolute atomic E-state index is 12.4. The second kappa shape index (κ2) is 6.68. The van der Waals surface area contributed by atoms with Crippen molar-refractivity contribution < 1.29 is 4.79 Å². The van der Waals surface area contributed by atoms with E-state index >= 15 is 0 Å². The predicted octanol–water partition coefficient (Wildman–Crippen LogP) is 2.95. The van der Waals surface area contributed by atoms with Crippen LogP contribution in [0, 0.1) is 0 Å². The Morgan fingerprint density at radius 3 is 2.50 bits per heavy atom. The van der Waals surface area contributed by atoms with Crippen molar-refractivity contribution in [3.8, 4) is 0 Å². The summed E-state index contributed by atoms with van der Waals surface area (Å²) in [5, 5.41) is 6.16. The maximum atomic E-state index is 12.4. The summed E-state index contributed by atoms with van der Waals surface area (Å²) in [6.45, 7) is 12.8. The minimum Gasteiger partial charge on any atom is -0.382 e. The normalized spacial score (nSPS) is 11.6. The van der Waals surface area contributed by atoms with Crippen LogP contribution in [0.2, 0.25) is 0 Å². The van der Waals surface area contributed by atoms with Crippen molar-refractivity contribution in [3.63, 3.8) is 0 Å². The average molecular weight is 278 g/mol. The maximum Gasteiger partial charge on any atom is 0.272 e. The Hall–Kier alpha value is -1.65. The van der Waals surface area contributed by atoms with E-state index in [9.17, 15) is 4.79 Å². The first kappa shape index (κ1) is 16.4. The third-order valence-electron chi connectivity index (χ3n) is 3.24. The van der Waals surface area contributed by atoms with Crippen molar-refractivity contribution in [1.82, 2.24) is 15.3 Å². The fraction of sp³-hybridized carbons (Fsp3) is 0.667. The van der Waals surface area contributed by atoms with E-state index < -0.39 is 0 Å². The quantitative estimate of drug-likeness (QED) is 0.839. The zero-order chi connectivity index (χ0) is 15.3. The monoisotopic (exact) mass is 278 g/mol. The van der Waals surface area contributed by atoms with Crippen LogP contribution in [-0.2, 0) is 0 Å². The Kier molecular flexibility index (Phi) is 5.48. The Balaban J connectivity index is 3.11. The second-order valence-corrected chi connectivity index (χ2v) is 5.87. The van der Waals surface area contributed by atoms with E-state index in [1.807, 2.05) is 41.5 Å².